The van der Waals surface area contributed by atoms with Crippen LogP contribution in [-0.2, 0) is 26.2 Å². The fourth-order valence-corrected chi connectivity index (χ4v) is 6.32. The SMILES string of the molecule is C[C@H](C(=O)NC1CCCCC1)N(Cc1cccc(Cl)c1)C(=O)CN1C(=O)c2ccccc2S1(=O)=O. The van der Waals surface area contributed by atoms with Gasteiger partial charge in [0.25, 0.3) is 15.9 Å². The van der Waals surface area contributed by atoms with E-state index in [-0.39, 0.29) is 29.0 Å². The van der Waals surface area contributed by atoms with Gasteiger partial charge in [-0.3, -0.25) is 14.4 Å². The number of carbonyl (C=O) groups excluding carboxylic acids is 3. The molecule has 1 heterocycles. The van der Waals surface area contributed by atoms with Crippen molar-refractivity contribution in [1.82, 2.24) is 14.5 Å². The summed E-state index contributed by atoms with van der Waals surface area (Å²) in [5.74, 6) is -1.72. The van der Waals surface area contributed by atoms with Crippen molar-refractivity contribution in [2.45, 2.75) is 62.6 Å². The van der Waals surface area contributed by atoms with E-state index in [0.717, 1.165) is 32.1 Å². The lowest BCUT2D eigenvalue weighted by Gasteiger charge is -2.32. The molecule has 1 aliphatic heterocycles. The number of carbonyl (C=O) groups is 3. The Hall–Kier alpha value is -2.91. The van der Waals surface area contributed by atoms with Crippen molar-refractivity contribution in [3.8, 4) is 0 Å². The van der Waals surface area contributed by atoms with Gasteiger partial charge < -0.3 is 10.2 Å². The third-order valence-electron chi connectivity index (χ3n) is 6.55. The summed E-state index contributed by atoms with van der Waals surface area (Å²) in [5.41, 5.74) is 0.715. The second-order valence-corrected chi connectivity index (χ2v) is 11.3. The van der Waals surface area contributed by atoms with Crippen LogP contribution >= 0.6 is 11.6 Å². The fraction of sp³-hybridized carbons (Fsp3) is 0.400. The number of fused-ring (bicyclic) bond motifs is 1. The third-order valence-corrected chi connectivity index (χ3v) is 8.57. The molecule has 0 bridgehead atoms. The van der Waals surface area contributed by atoms with Crippen LogP contribution in [0.5, 0.6) is 0 Å². The van der Waals surface area contributed by atoms with E-state index in [1.54, 1.807) is 37.3 Å². The molecule has 1 aliphatic carbocycles. The molecule has 186 valence electrons. The fourth-order valence-electron chi connectivity index (χ4n) is 4.58. The van der Waals surface area contributed by atoms with Crippen LogP contribution in [0.3, 0.4) is 0 Å². The predicted octanol–water partition coefficient (Wildman–Crippen LogP) is 3.35. The number of nitrogens with one attached hydrogen (secondary N) is 1. The summed E-state index contributed by atoms with van der Waals surface area (Å²) in [7, 11) is -4.16. The molecule has 1 fully saturated rings. The summed E-state index contributed by atoms with van der Waals surface area (Å²) >= 11 is 6.11. The zero-order valence-electron chi connectivity index (χ0n) is 19.4. The standard InChI is InChI=1S/C25H28ClN3O5S/c1-17(24(31)27-20-10-3-2-4-11-20)28(15-18-8-7-9-19(26)14-18)23(30)16-29-25(32)21-12-5-6-13-22(21)35(29,33)34/h5-9,12-14,17,20H,2-4,10-11,15-16H2,1H3,(H,27,31)/t17-/m1/s1. The Morgan fingerprint density at radius 1 is 1.11 bits per heavy atom. The number of halogens is 1. The van der Waals surface area contributed by atoms with Gasteiger partial charge in [-0.25, -0.2) is 12.7 Å². The van der Waals surface area contributed by atoms with Gasteiger partial charge in [0.15, 0.2) is 0 Å². The van der Waals surface area contributed by atoms with Crippen LogP contribution in [0, 0.1) is 0 Å². The van der Waals surface area contributed by atoms with Crippen LogP contribution in [0.1, 0.15) is 54.9 Å². The number of nitrogens with zero attached hydrogens (tertiary/aromatic N) is 2. The largest absolute Gasteiger partial charge is 0.352 e. The quantitative estimate of drug-likeness (QED) is 0.606. The van der Waals surface area contributed by atoms with Crippen molar-refractivity contribution in [2.75, 3.05) is 6.54 Å². The first-order valence-corrected chi connectivity index (χ1v) is 13.5. The number of benzene rings is 2. The van der Waals surface area contributed by atoms with Crippen molar-refractivity contribution in [1.29, 1.82) is 0 Å². The van der Waals surface area contributed by atoms with Crippen LogP contribution in [-0.4, -0.2) is 54.0 Å². The second-order valence-electron chi connectivity index (χ2n) is 8.98. The zero-order valence-corrected chi connectivity index (χ0v) is 21.0. The lowest BCUT2D eigenvalue weighted by atomic mass is 9.95. The van der Waals surface area contributed by atoms with Crippen LogP contribution in [0.2, 0.25) is 5.02 Å². The average Bonchev–Trinajstić information content (AvgIpc) is 3.03. The molecule has 0 unspecified atom stereocenters. The first-order chi connectivity index (χ1) is 16.7. The summed E-state index contributed by atoms with van der Waals surface area (Å²) in [6.07, 6.45) is 5.00. The molecule has 8 nitrogen and oxygen atoms in total. The third kappa shape index (κ3) is 5.36. The number of rotatable bonds is 7. The summed E-state index contributed by atoms with van der Waals surface area (Å²) in [4.78, 5) is 40.6. The van der Waals surface area contributed by atoms with E-state index >= 15 is 0 Å². The maximum atomic E-state index is 13.5. The minimum atomic E-state index is -4.16. The van der Waals surface area contributed by atoms with Crippen LogP contribution in [0.25, 0.3) is 0 Å². The van der Waals surface area contributed by atoms with E-state index < -0.39 is 34.4 Å². The van der Waals surface area contributed by atoms with Crippen LogP contribution in [0.15, 0.2) is 53.4 Å². The van der Waals surface area contributed by atoms with E-state index in [1.807, 2.05) is 0 Å². The molecule has 1 saturated carbocycles. The Kier molecular flexibility index (Phi) is 7.47. The van der Waals surface area contributed by atoms with E-state index in [4.69, 9.17) is 11.6 Å². The molecule has 2 aromatic carbocycles. The second kappa shape index (κ2) is 10.4. The molecule has 2 aliphatic rings. The number of hydrogen-bond acceptors (Lipinski definition) is 5. The lowest BCUT2D eigenvalue weighted by molar-refractivity contribution is -0.140. The van der Waals surface area contributed by atoms with Gasteiger partial charge in [-0.05, 0) is 49.6 Å². The number of hydrogen-bond donors (Lipinski definition) is 1. The van der Waals surface area contributed by atoms with Crippen molar-refractivity contribution in [2.24, 2.45) is 0 Å². The first-order valence-electron chi connectivity index (χ1n) is 11.7. The molecule has 10 heteroatoms. The van der Waals surface area contributed by atoms with Crippen LogP contribution < -0.4 is 5.32 Å². The molecule has 2 aromatic rings. The first kappa shape index (κ1) is 25.2. The molecule has 1 atom stereocenters. The highest BCUT2D eigenvalue weighted by atomic mass is 35.5. The highest BCUT2D eigenvalue weighted by Crippen LogP contribution is 2.30. The zero-order chi connectivity index (χ0) is 25.2. The summed E-state index contributed by atoms with van der Waals surface area (Å²) < 4.78 is 26.5. The Morgan fingerprint density at radius 3 is 2.51 bits per heavy atom. The Balaban J connectivity index is 1.57. The van der Waals surface area contributed by atoms with E-state index in [2.05, 4.69) is 5.32 Å². The van der Waals surface area contributed by atoms with E-state index in [0.29, 0.717) is 14.9 Å². The van der Waals surface area contributed by atoms with E-state index in [9.17, 15) is 22.8 Å². The summed E-state index contributed by atoms with van der Waals surface area (Å²) in [6.45, 7) is 0.945. The smallest absolute Gasteiger partial charge is 0.269 e. The van der Waals surface area contributed by atoms with E-state index in [1.165, 1.54) is 23.1 Å². The molecular weight excluding hydrogens is 490 g/mol. The highest BCUT2D eigenvalue weighted by molar-refractivity contribution is 7.90. The normalized spacial score (nSPS) is 18.1. The van der Waals surface area contributed by atoms with Crippen molar-refractivity contribution < 1.29 is 22.8 Å². The van der Waals surface area contributed by atoms with Gasteiger partial charge >= 0.3 is 0 Å². The van der Waals surface area contributed by atoms with Crippen molar-refractivity contribution in [3.05, 3.63) is 64.7 Å². The average molecular weight is 518 g/mol. The monoisotopic (exact) mass is 517 g/mol. The Labute approximate surface area is 210 Å². The molecule has 0 radical (unpaired) electrons. The number of sulfonamides is 1. The molecule has 0 aromatic heterocycles. The van der Waals surface area contributed by atoms with Gasteiger partial charge in [0.2, 0.25) is 11.8 Å². The van der Waals surface area contributed by atoms with Gasteiger partial charge in [-0.15, -0.1) is 0 Å². The minimum absolute atomic E-state index is 0.0322. The molecule has 0 spiro atoms. The summed E-state index contributed by atoms with van der Waals surface area (Å²) in [5, 5.41) is 3.50. The molecule has 35 heavy (non-hydrogen) atoms. The topological polar surface area (TPSA) is 104 Å². The molecule has 0 saturated heterocycles. The highest BCUT2D eigenvalue weighted by Gasteiger charge is 2.43. The molecule has 4 rings (SSSR count). The molecule has 1 N–H and O–H groups in total. The van der Waals surface area contributed by atoms with Gasteiger partial charge in [0.1, 0.15) is 17.5 Å². The lowest BCUT2D eigenvalue weighted by Crippen LogP contribution is -2.52. The minimum Gasteiger partial charge on any atom is -0.352 e. The number of amides is 3. The van der Waals surface area contributed by atoms with Gasteiger partial charge in [-0.1, -0.05) is 55.1 Å². The van der Waals surface area contributed by atoms with Crippen molar-refractivity contribution >= 4 is 39.3 Å². The Bertz CT molecular complexity index is 1240. The van der Waals surface area contributed by atoms with Gasteiger partial charge in [-0.2, -0.15) is 0 Å². The maximum Gasteiger partial charge on any atom is 0.269 e. The molecular formula is C25H28ClN3O5S. The van der Waals surface area contributed by atoms with Crippen LogP contribution in [0.4, 0.5) is 0 Å². The van der Waals surface area contributed by atoms with Crippen molar-refractivity contribution in [3.63, 3.8) is 0 Å². The summed E-state index contributed by atoms with van der Waals surface area (Å²) in [6, 6.07) is 11.9. The molecule has 3 amide bonds. The van der Waals surface area contributed by atoms with Gasteiger partial charge in [0, 0.05) is 17.6 Å². The maximum absolute atomic E-state index is 13.5. The van der Waals surface area contributed by atoms with Gasteiger partial charge in [0.05, 0.1) is 5.56 Å². The predicted molar refractivity (Wildman–Crippen MR) is 131 cm³/mol. The Morgan fingerprint density at radius 2 is 1.83 bits per heavy atom.